The van der Waals surface area contributed by atoms with Crippen LogP contribution in [0.15, 0.2) is 18.2 Å². The monoisotopic (exact) mass is 359 g/mol. The van der Waals surface area contributed by atoms with Crippen LogP contribution in [0.2, 0.25) is 0 Å². The molecule has 26 heavy (non-hydrogen) atoms. The van der Waals surface area contributed by atoms with Crippen LogP contribution in [-0.4, -0.2) is 59.9 Å². The normalized spacial score (nSPS) is 11.1. The fourth-order valence-corrected chi connectivity index (χ4v) is 2.89. The second-order valence-corrected chi connectivity index (χ2v) is 6.36. The summed E-state index contributed by atoms with van der Waals surface area (Å²) in [5.41, 5.74) is 7.65. The van der Waals surface area contributed by atoms with E-state index >= 15 is 0 Å². The van der Waals surface area contributed by atoms with Crippen molar-refractivity contribution >= 4 is 22.8 Å². The first kappa shape index (κ1) is 19.8. The zero-order valence-corrected chi connectivity index (χ0v) is 16.1. The second-order valence-electron chi connectivity index (χ2n) is 6.36. The van der Waals surface area contributed by atoms with Gasteiger partial charge in [0, 0.05) is 30.6 Å². The maximum Gasteiger partial charge on any atom is 0.276 e. The number of amides is 1. The summed E-state index contributed by atoms with van der Waals surface area (Å²) in [5, 5.41) is 8.35. The molecule has 0 fully saturated rings. The van der Waals surface area contributed by atoms with Crippen molar-refractivity contribution in [3.8, 4) is 5.75 Å². The summed E-state index contributed by atoms with van der Waals surface area (Å²) in [5.74, 6) is 0.160. The fourth-order valence-electron chi connectivity index (χ4n) is 2.89. The highest BCUT2D eigenvalue weighted by Gasteiger charge is 2.17. The Morgan fingerprint density at radius 2 is 1.96 bits per heavy atom. The maximum atomic E-state index is 12.3. The van der Waals surface area contributed by atoms with E-state index in [1.54, 1.807) is 6.07 Å². The largest absolute Gasteiger partial charge is 0.493 e. The van der Waals surface area contributed by atoms with Gasteiger partial charge in [0.05, 0.1) is 6.61 Å². The molecule has 1 aromatic heterocycles. The molecule has 0 aliphatic heterocycles. The third kappa shape index (κ3) is 4.54. The molecule has 1 heterocycles. The number of ether oxygens (including phenoxy) is 1. The number of carbonyl (C=O) groups excluding carboxylic acids is 1. The SMILES string of the molecule is CCN(CC)CCCOc1cc(C)c2cc(C(=O)N(C)C(=N)N)[nH]c2c1. The Bertz CT molecular complexity index is 780. The molecule has 0 atom stereocenters. The Balaban J connectivity index is 2.09. The van der Waals surface area contributed by atoms with Crippen molar-refractivity contribution in [2.75, 3.05) is 33.3 Å². The summed E-state index contributed by atoms with van der Waals surface area (Å²) >= 11 is 0. The zero-order valence-electron chi connectivity index (χ0n) is 16.1. The molecule has 0 aliphatic rings. The lowest BCUT2D eigenvalue weighted by molar-refractivity contribution is 0.0864. The van der Waals surface area contributed by atoms with Gasteiger partial charge in [-0.25, -0.2) is 0 Å². The fraction of sp³-hybridized carbons (Fsp3) is 0.474. The molecule has 0 unspecified atom stereocenters. The third-order valence-electron chi connectivity index (χ3n) is 4.60. The number of rotatable bonds is 8. The van der Waals surface area contributed by atoms with Gasteiger partial charge in [-0.15, -0.1) is 0 Å². The maximum absolute atomic E-state index is 12.3. The Kier molecular flexibility index (Phi) is 6.63. The summed E-state index contributed by atoms with van der Waals surface area (Å²) in [6, 6.07) is 5.68. The van der Waals surface area contributed by atoms with Crippen LogP contribution in [0.1, 0.15) is 36.3 Å². The molecule has 7 heteroatoms. The number of aromatic amines is 1. The summed E-state index contributed by atoms with van der Waals surface area (Å²) in [6.45, 7) is 10.1. The number of guanidine groups is 1. The van der Waals surface area contributed by atoms with Gasteiger partial charge in [0.1, 0.15) is 11.4 Å². The Morgan fingerprint density at radius 3 is 2.58 bits per heavy atom. The number of H-pyrrole nitrogens is 1. The van der Waals surface area contributed by atoms with E-state index in [-0.39, 0.29) is 11.9 Å². The van der Waals surface area contributed by atoms with Crippen LogP contribution in [0, 0.1) is 12.3 Å². The lowest BCUT2D eigenvalue weighted by Gasteiger charge is -2.17. The number of aryl methyl sites for hydroxylation is 1. The first-order chi connectivity index (χ1) is 12.4. The predicted molar refractivity (Wildman–Crippen MR) is 105 cm³/mol. The number of nitrogens with two attached hydrogens (primary N) is 1. The average Bonchev–Trinajstić information content (AvgIpc) is 3.05. The Labute approximate surface area is 154 Å². The molecule has 0 radical (unpaired) electrons. The van der Waals surface area contributed by atoms with Crippen molar-refractivity contribution in [3.63, 3.8) is 0 Å². The number of carbonyl (C=O) groups is 1. The molecule has 4 N–H and O–H groups in total. The molecular formula is C19H29N5O2. The van der Waals surface area contributed by atoms with Gasteiger partial charge in [-0.1, -0.05) is 13.8 Å². The van der Waals surface area contributed by atoms with Crippen LogP contribution in [0.5, 0.6) is 5.75 Å². The van der Waals surface area contributed by atoms with Crippen molar-refractivity contribution in [2.45, 2.75) is 27.2 Å². The van der Waals surface area contributed by atoms with E-state index in [9.17, 15) is 4.79 Å². The predicted octanol–water partition coefficient (Wildman–Crippen LogP) is 2.55. The van der Waals surface area contributed by atoms with E-state index in [0.29, 0.717) is 12.3 Å². The number of fused-ring (bicyclic) bond motifs is 1. The summed E-state index contributed by atoms with van der Waals surface area (Å²) in [7, 11) is 1.48. The molecular weight excluding hydrogens is 330 g/mol. The average molecular weight is 359 g/mol. The molecule has 0 saturated carbocycles. The smallest absolute Gasteiger partial charge is 0.276 e. The minimum atomic E-state index is -0.338. The third-order valence-corrected chi connectivity index (χ3v) is 4.60. The number of nitrogens with zero attached hydrogens (tertiary/aromatic N) is 2. The molecule has 2 aromatic rings. The molecule has 1 aromatic carbocycles. The number of benzene rings is 1. The molecule has 0 spiro atoms. The van der Waals surface area contributed by atoms with E-state index < -0.39 is 0 Å². The first-order valence-electron chi connectivity index (χ1n) is 8.97. The van der Waals surface area contributed by atoms with Crippen molar-refractivity contribution in [3.05, 3.63) is 29.5 Å². The molecule has 1 amide bonds. The lowest BCUT2D eigenvalue weighted by atomic mass is 10.1. The summed E-state index contributed by atoms with van der Waals surface area (Å²) in [4.78, 5) is 18.9. The quantitative estimate of drug-likeness (QED) is 0.383. The van der Waals surface area contributed by atoms with Gasteiger partial charge in [-0.3, -0.25) is 15.1 Å². The second kappa shape index (κ2) is 8.71. The lowest BCUT2D eigenvalue weighted by Crippen LogP contribution is -2.38. The highest BCUT2D eigenvalue weighted by atomic mass is 16.5. The van der Waals surface area contributed by atoms with Gasteiger partial charge in [0.25, 0.3) is 5.91 Å². The number of hydrogen-bond acceptors (Lipinski definition) is 4. The van der Waals surface area contributed by atoms with E-state index in [2.05, 4.69) is 23.7 Å². The topological polar surface area (TPSA) is 98.4 Å². The van der Waals surface area contributed by atoms with E-state index in [1.807, 2.05) is 19.1 Å². The van der Waals surface area contributed by atoms with Gasteiger partial charge in [0.2, 0.25) is 0 Å². The van der Waals surface area contributed by atoms with Crippen molar-refractivity contribution in [1.82, 2.24) is 14.8 Å². The number of nitrogens with one attached hydrogen (secondary N) is 2. The van der Waals surface area contributed by atoms with Crippen LogP contribution >= 0.6 is 0 Å². The van der Waals surface area contributed by atoms with E-state index in [4.69, 9.17) is 15.9 Å². The zero-order chi connectivity index (χ0) is 19.3. The van der Waals surface area contributed by atoms with Crippen LogP contribution in [0.25, 0.3) is 10.9 Å². The highest BCUT2D eigenvalue weighted by Crippen LogP contribution is 2.26. The molecule has 0 bridgehead atoms. The van der Waals surface area contributed by atoms with Crippen LogP contribution in [0.3, 0.4) is 0 Å². The highest BCUT2D eigenvalue weighted by molar-refractivity contribution is 6.06. The van der Waals surface area contributed by atoms with Gasteiger partial charge in [0.15, 0.2) is 5.96 Å². The van der Waals surface area contributed by atoms with Crippen LogP contribution < -0.4 is 10.5 Å². The molecule has 2 rings (SSSR count). The van der Waals surface area contributed by atoms with Gasteiger partial charge >= 0.3 is 0 Å². The van der Waals surface area contributed by atoms with Gasteiger partial charge < -0.3 is 20.4 Å². The Morgan fingerprint density at radius 1 is 1.27 bits per heavy atom. The van der Waals surface area contributed by atoms with Crippen molar-refractivity contribution in [1.29, 1.82) is 5.41 Å². The van der Waals surface area contributed by atoms with Crippen molar-refractivity contribution in [2.24, 2.45) is 5.73 Å². The van der Waals surface area contributed by atoms with E-state index in [1.165, 1.54) is 7.05 Å². The minimum Gasteiger partial charge on any atom is -0.493 e. The first-order valence-corrected chi connectivity index (χ1v) is 8.97. The standard InChI is InChI=1S/C19H29N5O2/c1-5-24(6-2)8-7-9-26-14-10-13(3)15-12-17(22-16(15)11-14)18(25)23(4)19(20)21/h10-12,22H,5-9H2,1-4H3,(H3,20,21). The molecule has 0 aliphatic carbocycles. The van der Waals surface area contributed by atoms with Crippen LogP contribution in [-0.2, 0) is 0 Å². The van der Waals surface area contributed by atoms with Crippen molar-refractivity contribution < 1.29 is 9.53 Å². The van der Waals surface area contributed by atoms with Gasteiger partial charge in [-0.05, 0) is 44.1 Å². The van der Waals surface area contributed by atoms with E-state index in [0.717, 1.165) is 53.2 Å². The van der Waals surface area contributed by atoms with Crippen LogP contribution in [0.4, 0.5) is 0 Å². The number of aromatic nitrogens is 1. The summed E-state index contributed by atoms with van der Waals surface area (Å²) in [6.07, 6.45) is 0.969. The molecule has 142 valence electrons. The molecule has 0 saturated heterocycles. The van der Waals surface area contributed by atoms with Gasteiger partial charge in [-0.2, -0.15) is 0 Å². The Hall–Kier alpha value is -2.54. The summed E-state index contributed by atoms with van der Waals surface area (Å²) < 4.78 is 5.89. The number of hydrogen-bond donors (Lipinski definition) is 3. The minimum absolute atomic E-state index is 0.289. The molecule has 7 nitrogen and oxygen atoms in total.